The smallest absolute Gasteiger partial charge is 0.317 e. The molecule has 3 rings (SSSR count). The van der Waals surface area contributed by atoms with Gasteiger partial charge in [0.2, 0.25) is 0 Å². The van der Waals surface area contributed by atoms with Gasteiger partial charge in [0, 0.05) is 6.54 Å². The quantitative estimate of drug-likeness (QED) is 0.760. The number of alkyl halides is 3. The van der Waals surface area contributed by atoms with Crippen molar-refractivity contribution in [2.45, 2.75) is 32.0 Å². The molecule has 1 aromatic heterocycles. The summed E-state index contributed by atoms with van der Waals surface area (Å²) in [6.07, 6.45) is -1.86. The molecule has 0 amide bonds. The summed E-state index contributed by atoms with van der Waals surface area (Å²) in [6, 6.07) is 2.42. The topological polar surface area (TPSA) is 28.8 Å². The molecule has 0 unspecified atom stereocenters. The predicted octanol–water partition coefficient (Wildman–Crippen LogP) is 3.54. The van der Waals surface area contributed by atoms with Gasteiger partial charge in [0.15, 0.2) is 4.80 Å². The van der Waals surface area contributed by atoms with Crippen LogP contribution < -0.4 is 4.80 Å². The summed E-state index contributed by atoms with van der Waals surface area (Å²) < 4.78 is 40.8. The minimum Gasteiger partial charge on any atom is -0.317 e. The highest BCUT2D eigenvalue weighted by molar-refractivity contribution is 7.16. The molecule has 96 valence electrons. The molecule has 2 aromatic rings. The van der Waals surface area contributed by atoms with Crippen LogP contribution in [0.4, 0.5) is 13.2 Å². The van der Waals surface area contributed by atoms with E-state index in [4.69, 9.17) is 5.41 Å². The van der Waals surface area contributed by atoms with E-state index in [1.807, 2.05) is 4.57 Å². The lowest BCUT2D eigenvalue weighted by Gasteiger charge is -2.10. The second-order valence-corrected chi connectivity index (χ2v) is 5.53. The summed E-state index contributed by atoms with van der Waals surface area (Å²) in [4.78, 5) is 0.340. The lowest BCUT2D eigenvalue weighted by Crippen LogP contribution is -2.12. The van der Waals surface area contributed by atoms with Gasteiger partial charge in [-0.25, -0.2) is 0 Å². The van der Waals surface area contributed by atoms with E-state index in [2.05, 4.69) is 0 Å². The lowest BCUT2D eigenvalue weighted by atomic mass is 10.0. The second-order valence-electron chi connectivity index (χ2n) is 4.50. The van der Waals surface area contributed by atoms with Gasteiger partial charge in [-0.15, -0.1) is 0 Å². The maximum Gasteiger partial charge on any atom is 0.416 e. The number of rotatable bonds is 0. The average molecular weight is 272 g/mol. The summed E-state index contributed by atoms with van der Waals surface area (Å²) in [7, 11) is 0. The molecule has 2 heterocycles. The third-order valence-corrected chi connectivity index (χ3v) is 4.23. The number of thiazole rings is 1. The largest absolute Gasteiger partial charge is 0.416 e. The predicted molar refractivity (Wildman–Crippen MR) is 63.6 cm³/mol. The zero-order valence-corrected chi connectivity index (χ0v) is 10.3. The van der Waals surface area contributed by atoms with Crippen molar-refractivity contribution in [1.82, 2.24) is 4.57 Å². The molecule has 1 N–H and O–H groups in total. The van der Waals surface area contributed by atoms with Crippen molar-refractivity contribution in [1.29, 1.82) is 5.41 Å². The van der Waals surface area contributed by atoms with E-state index in [0.717, 1.165) is 41.8 Å². The summed E-state index contributed by atoms with van der Waals surface area (Å²) in [5, 5.41) is 7.85. The van der Waals surface area contributed by atoms with Crippen molar-refractivity contribution in [2.75, 3.05) is 0 Å². The zero-order valence-electron chi connectivity index (χ0n) is 9.47. The third kappa shape index (κ3) is 1.75. The first-order valence-corrected chi connectivity index (χ1v) is 6.56. The SMILES string of the molecule is N=c1sc2cc(C(F)(F)F)cc3c2n1CCCC3. The molecule has 1 aromatic carbocycles. The van der Waals surface area contributed by atoms with Crippen molar-refractivity contribution in [3.05, 3.63) is 28.1 Å². The molecule has 0 spiro atoms. The Hall–Kier alpha value is -1.30. The lowest BCUT2D eigenvalue weighted by molar-refractivity contribution is -0.137. The van der Waals surface area contributed by atoms with Gasteiger partial charge in [-0.1, -0.05) is 11.3 Å². The highest BCUT2D eigenvalue weighted by Gasteiger charge is 2.32. The minimum atomic E-state index is -4.31. The molecule has 2 nitrogen and oxygen atoms in total. The normalized spacial score (nSPS) is 15.9. The highest BCUT2D eigenvalue weighted by Crippen LogP contribution is 2.35. The monoisotopic (exact) mass is 272 g/mol. The summed E-state index contributed by atoms with van der Waals surface area (Å²) in [5.41, 5.74) is 0.961. The molecule has 0 aliphatic carbocycles. The number of hydrogen-bond acceptors (Lipinski definition) is 2. The first-order valence-electron chi connectivity index (χ1n) is 5.75. The number of benzene rings is 1. The van der Waals surface area contributed by atoms with Crippen LogP contribution in [0.5, 0.6) is 0 Å². The number of nitrogens with zero attached hydrogens (tertiary/aromatic N) is 1. The van der Waals surface area contributed by atoms with Crippen LogP contribution in [0.3, 0.4) is 0 Å². The average Bonchev–Trinajstić information content (AvgIpc) is 2.46. The fourth-order valence-corrected chi connectivity index (χ4v) is 3.49. The van der Waals surface area contributed by atoms with E-state index in [1.54, 1.807) is 0 Å². The van der Waals surface area contributed by atoms with Crippen LogP contribution in [-0.2, 0) is 19.1 Å². The van der Waals surface area contributed by atoms with Crippen LogP contribution in [0.15, 0.2) is 12.1 Å². The van der Waals surface area contributed by atoms with Gasteiger partial charge in [-0.3, -0.25) is 5.41 Å². The molecular weight excluding hydrogens is 261 g/mol. The summed E-state index contributed by atoms with van der Waals surface area (Å²) >= 11 is 1.13. The van der Waals surface area contributed by atoms with E-state index >= 15 is 0 Å². The molecule has 0 saturated heterocycles. The molecule has 0 bridgehead atoms. The maximum absolute atomic E-state index is 12.8. The Morgan fingerprint density at radius 2 is 2.00 bits per heavy atom. The molecule has 18 heavy (non-hydrogen) atoms. The first kappa shape index (κ1) is 11.8. The Kier molecular flexibility index (Phi) is 2.52. The molecular formula is C12H11F3N2S. The number of halogens is 3. The van der Waals surface area contributed by atoms with Crippen molar-refractivity contribution in [2.24, 2.45) is 0 Å². The van der Waals surface area contributed by atoms with E-state index in [1.165, 1.54) is 12.1 Å². The van der Waals surface area contributed by atoms with Crippen LogP contribution in [0.25, 0.3) is 10.2 Å². The van der Waals surface area contributed by atoms with Gasteiger partial charge >= 0.3 is 6.18 Å². The van der Waals surface area contributed by atoms with E-state index in [0.29, 0.717) is 15.9 Å². The second kappa shape index (κ2) is 3.85. The van der Waals surface area contributed by atoms with Crippen LogP contribution in [0.1, 0.15) is 24.0 Å². The summed E-state index contributed by atoms with van der Waals surface area (Å²) in [6.45, 7) is 0.733. The maximum atomic E-state index is 12.8. The Bertz CT molecular complexity index is 666. The van der Waals surface area contributed by atoms with Crippen molar-refractivity contribution < 1.29 is 13.2 Å². The number of aryl methyl sites for hydroxylation is 2. The van der Waals surface area contributed by atoms with Gasteiger partial charge in [0.25, 0.3) is 0 Å². The Morgan fingerprint density at radius 1 is 1.22 bits per heavy atom. The first-order chi connectivity index (χ1) is 8.47. The fourth-order valence-electron chi connectivity index (χ4n) is 2.46. The molecule has 1 aliphatic heterocycles. The molecule has 0 radical (unpaired) electrons. The van der Waals surface area contributed by atoms with Gasteiger partial charge in [0.05, 0.1) is 15.8 Å². The van der Waals surface area contributed by atoms with E-state index in [-0.39, 0.29) is 0 Å². The van der Waals surface area contributed by atoms with E-state index in [9.17, 15) is 13.2 Å². The highest BCUT2D eigenvalue weighted by atomic mass is 32.1. The van der Waals surface area contributed by atoms with E-state index < -0.39 is 11.7 Å². The molecule has 6 heteroatoms. The Labute approximate surface area is 105 Å². The van der Waals surface area contributed by atoms with Gasteiger partial charge in [-0.05, 0) is 37.0 Å². The van der Waals surface area contributed by atoms with Crippen molar-refractivity contribution in [3.8, 4) is 0 Å². The van der Waals surface area contributed by atoms with Gasteiger partial charge in [-0.2, -0.15) is 13.2 Å². The molecule has 0 fully saturated rings. The fraction of sp³-hybridized carbons (Fsp3) is 0.417. The van der Waals surface area contributed by atoms with Gasteiger partial charge < -0.3 is 4.57 Å². The van der Waals surface area contributed by atoms with Crippen LogP contribution in [0, 0.1) is 5.41 Å². The molecule has 0 saturated carbocycles. The number of nitrogens with one attached hydrogen (secondary N) is 1. The van der Waals surface area contributed by atoms with Crippen molar-refractivity contribution in [3.63, 3.8) is 0 Å². The molecule has 0 atom stereocenters. The third-order valence-electron chi connectivity index (χ3n) is 3.28. The Morgan fingerprint density at radius 3 is 2.72 bits per heavy atom. The standard InChI is InChI=1S/C12H11F3N2S/c13-12(14,15)8-5-7-3-1-2-4-17-10(7)9(6-8)18-11(17)16/h5-6,16H,1-4H2. The zero-order chi connectivity index (χ0) is 12.9. The number of aromatic nitrogens is 1. The van der Waals surface area contributed by atoms with Crippen LogP contribution in [-0.4, -0.2) is 4.57 Å². The van der Waals surface area contributed by atoms with Crippen LogP contribution in [0.2, 0.25) is 0 Å². The Balaban J connectivity index is 2.36. The minimum absolute atomic E-state index is 0.340. The van der Waals surface area contributed by atoms with Gasteiger partial charge in [0.1, 0.15) is 0 Å². The molecule has 1 aliphatic rings. The van der Waals surface area contributed by atoms with Crippen molar-refractivity contribution >= 4 is 21.6 Å². The number of hydrogen-bond donors (Lipinski definition) is 1. The summed E-state index contributed by atoms with van der Waals surface area (Å²) in [5.74, 6) is 0. The van der Waals surface area contributed by atoms with Crippen LogP contribution >= 0.6 is 11.3 Å².